The molecule has 4 nitrogen and oxygen atoms in total. The van der Waals surface area contributed by atoms with Crippen molar-refractivity contribution < 1.29 is 27.8 Å². The number of ether oxygens (including phenoxy) is 1. The van der Waals surface area contributed by atoms with E-state index in [-0.39, 0.29) is 40.4 Å². The minimum absolute atomic E-state index is 0. The fraction of sp³-hybridized carbons (Fsp3) is 0.462. The lowest BCUT2D eigenvalue weighted by molar-refractivity contribution is -0.152. The van der Waals surface area contributed by atoms with Crippen molar-refractivity contribution in [3.05, 3.63) is 23.8 Å². The molecule has 9 heteroatoms. The van der Waals surface area contributed by atoms with Crippen LogP contribution in [0.1, 0.15) is 25.5 Å². The molecular weight excluding hydrogens is 343 g/mol. The zero-order valence-corrected chi connectivity index (χ0v) is 13.7. The highest BCUT2D eigenvalue weighted by molar-refractivity contribution is 8.00. The Morgan fingerprint density at radius 3 is 2.36 bits per heavy atom. The smallest absolute Gasteiger partial charge is 0.446 e. The van der Waals surface area contributed by atoms with Gasteiger partial charge in [0.2, 0.25) is 0 Å². The number of carbonyl (C=O) groups excluding carboxylic acids is 1. The summed E-state index contributed by atoms with van der Waals surface area (Å²) in [6, 6.07) is 2.37. The number of hydrogen-bond donors (Lipinski definition) is 2. The average Bonchev–Trinajstić information content (AvgIpc) is 2.37. The van der Waals surface area contributed by atoms with Crippen molar-refractivity contribution in [3.63, 3.8) is 0 Å². The summed E-state index contributed by atoms with van der Waals surface area (Å²) < 4.78 is 41.8. The molecule has 0 heterocycles. The highest BCUT2D eigenvalue weighted by atomic mass is 35.5. The molecule has 0 amide bonds. The molecule has 0 aliphatic heterocycles. The number of nitrogens with two attached hydrogens (primary N) is 1. The Bertz CT molecular complexity index is 538. The van der Waals surface area contributed by atoms with Crippen LogP contribution in [0.5, 0.6) is 5.75 Å². The summed E-state index contributed by atoms with van der Waals surface area (Å²) in [5.41, 5.74) is 0.338. The molecule has 0 aromatic heterocycles. The number of methoxy groups -OCH3 is 1. The van der Waals surface area contributed by atoms with Gasteiger partial charge in [0, 0.05) is 16.5 Å². The SMILES string of the molecule is COC(=O)C(C)(C)[C@@H](N)c1cc(SC(F)(F)F)ccc1O.Cl. The molecule has 1 rings (SSSR count). The molecule has 1 aromatic carbocycles. The summed E-state index contributed by atoms with van der Waals surface area (Å²) in [5, 5.41) is 9.80. The number of aromatic hydroxyl groups is 1. The van der Waals surface area contributed by atoms with Gasteiger partial charge < -0.3 is 15.6 Å². The number of halogens is 4. The minimum Gasteiger partial charge on any atom is -0.508 e. The fourth-order valence-electron chi connectivity index (χ4n) is 1.76. The highest BCUT2D eigenvalue weighted by Crippen LogP contribution is 2.42. The van der Waals surface area contributed by atoms with Crippen LogP contribution in [-0.4, -0.2) is 23.7 Å². The summed E-state index contributed by atoms with van der Waals surface area (Å²) in [6.07, 6.45) is 0. The standard InChI is InChI=1S/C13H16F3NO3S.ClH/c1-12(2,11(19)20-3)10(17)8-6-7(4-5-9(8)18)21-13(14,15)16;/h4-6,10,18H,17H2,1-3H3;1H/t10-;/m0./s1. The molecule has 0 saturated carbocycles. The van der Waals surface area contributed by atoms with E-state index in [4.69, 9.17) is 5.73 Å². The Morgan fingerprint density at radius 1 is 1.36 bits per heavy atom. The van der Waals surface area contributed by atoms with Crippen LogP contribution in [0.2, 0.25) is 0 Å². The first kappa shape index (κ1) is 20.9. The van der Waals surface area contributed by atoms with Gasteiger partial charge in [0.1, 0.15) is 5.75 Å². The average molecular weight is 360 g/mol. The van der Waals surface area contributed by atoms with Crippen molar-refractivity contribution in [1.82, 2.24) is 0 Å². The molecular formula is C13H17ClF3NO3S. The third-order valence-electron chi connectivity index (χ3n) is 3.06. The van der Waals surface area contributed by atoms with Crippen LogP contribution < -0.4 is 5.73 Å². The van der Waals surface area contributed by atoms with Crippen LogP contribution in [0.25, 0.3) is 0 Å². The normalized spacial score (nSPS) is 13.2. The number of benzene rings is 1. The first-order valence-corrected chi connectivity index (χ1v) is 6.73. The lowest BCUT2D eigenvalue weighted by Crippen LogP contribution is -2.37. The van der Waals surface area contributed by atoms with E-state index in [1.807, 2.05) is 0 Å². The molecule has 0 aliphatic carbocycles. The van der Waals surface area contributed by atoms with Gasteiger partial charge in [-0.25, -0.2) is 0 Å². The maximum Gasteiger partial charge on any atom is 0.446 e. The monoisotopic (exact) mass is 359 g/mol. The molecule has 22 heavy (non-hydrogen) atoms. The Morgan fingerprint density at radius 2 is 1.91 bits per heavy atom. The van der Waals surface area contributed by atoms with Gasteiger partial charge in [-0.05, 0) is 43.8 Å². The van der Waals surface area contributed by atoms with Gasteiger partial charge in [0.05, 0.1) is 12.5 Å². The van der Waals surface area contributed by atoms with Gasteiger partial charge in [0.15, 0.2) is 0 Å². The summed E-state index contributed by atoms with van der Waals surface area (Å²) >= 11 is -0.317. The fourth-order valence-corrected chi connectivity index (χ4v) is 2.35. The predicted octanol–water partition coefficient (Wildman–Crippen LogP) is 3.62. The third-order valence-corrected chi connectivity index (χ3v) is 3.78. The van der Waals surface area contributed by atoms with E-state index in [2.05, 4.69) is 4.74 Å². The van der Waals surface area contributed by atoms with E-state index >= 15 is 0 Å². The Balaban J connectivity index is 0.00000441. The van der Waals surface area contributed by atoms with Crippen molar-refractivity contribution in [2.45, 2.75) is 30.3 Å². The number of phenolic OH excluding ortho intramolecular Hbond substituents is 1. The van der Waals surface area contributed by atoms with E-state index in [0.717, 1.165) is 18.2 Å². The van der Waals surface area contributed by atoms with Gasteiger partial charge in [0.25, 0.3) is 0 Å². The molecule has 1 aromatic rings. The van der Waals surface area contributed by atoms with Crippen LogP contribution in [0, 0.1) is 5.41 Å². The topological polar surface area (TPSA) is 72.5 Å². The first-order chi connectivity index (χ1) is 9.49. The zero-order valence-electron chi connectivity index (χ0n) is 12.1. The second-order valence-electron chi connectivity index (χ2n) is 4.96. The van der Waals surface area contributed by atoms with E-state index < -0.39 is 22.9 Å². The Labute approximate surface area is 136 Å². The van der Waals surface area contributed by atoms with Crippen molar-refractivity contribution in [2.75, 3.05) is 7.11 Å². The van der Waals surface area contributed by atoms with Gasteiger partial charge in [-0.3, -0.25) is 4.79 Å². The van der Waals surface area contributed by atoms with E-state index in [0.29, 0.717) is 0 Å². The lowest BCUT2D eigenvalue weighted by atomic mass is 9.81. The molecule has 0 saturated heterocycles. The van der Waals surface area contributed by atoms with Crippen molar-refractivity contribution in [2.24, 2.45) is 11.1 Å². The van der Waals surface area contributed by atoms with Crippen LogP contribution in [-0.2, 0) is 9.53 Å². The zero-order chi connectivity index (χ0) is 16.4. The first-order valence-electron chi connectivity index (χ1n) is 5.91. The predicted molar refractivity (Wildman–Crippen MR) is 80.0 cm³/mol. The molecule has 0 aliphatic rings. The van der Waals surface area contributed by atoms with Gasteiger partial charge >= 0.3 is 11.5 Å². The second-order valence-corrected chi connectivity index (χ2v) is 6.10. The number of phenols is 1. The van der Waals surface area contributed by atoms with Crippen LogP contribution >= 0.6 is 24.2 Å². The van der Waals surface area contributed by atoms with Crippen LogP contribution in [0.15, 0.2) is 23.1 Å². The number of hydrogen-bond acceptors (Lipinski definition) is 5. The number of rotatable bonds is 4. The number of carbonyl (C=O) groups is 1. The van der Waals surface area contributed by atoms with Gasteiger partial charge in [-0.15, -0.1) is 12.4 Å². The summed E-state index contributed by atoms with van der Waals surface area (Å²) in [7, 11) is 1.19. The largest absolute Gasteiger partial charge is 0.508 e. The quantitative estimate of drug-likeness (QED) is 0.634. The summed E-state index contributed by atoms with van der Waals surface area (Å²) in [4.78, 5) is 11.6. The minimum atomic E-state index is -4.45. The van der Waals surface area contributed by atoms with Crippen molar-refractivity contribution in [3.8, 4) is 5.75 Å². The van der Waals surface area contributed by atoms with Gasteiger partial charge in [-0.1, -0.05) is 0 Å². The molecule has 0 radical (unpaired) electrons. The maximum atomic E-state index is 12.4. The molecule has 3 N–H and O–H groups in total. The molecule has 1 atom stereocenters. The number of alkyl halides is 3. The van der Waals surface area contributed by atoms with E-state index in [1.54, 1.807) is 0 Å². The van der Waals surface area contributed by atoms with Gasteiger partial charge in [-0.2, -0.15) is 13.2 Å². The van der Waals surface area contributed by atoms with E-state index in [9.17, 15) is 23.1 Å². The Hall–Kier alpha value is -1.12. The Kier molecular flexibility index (Phi) is 7.05. The molecule has 0 fully saturated rings. The van der Waals surface area contributed by atoms with Crippen molar-refractivity contribution in [1.29, 1.82) is 0 Å². The molecule has 0 unspecified atom stereocenters. The number of thioether (sulfide) groups is 1. The van der Waals surface area contributed by atoms with Crippen LogP contribution in [0.4, 0.5) is 13.2 Å². The summed E-state index contributed by atoms with van der Waals surface area (Å²) in [5.74, 6) is -0.894. The number of esters is 1. The molecule has 126 valence electrons. The second kappa shape index (κ2) is 7.43. The molecule has 0 bridgehead atoms. The van der Waals surface area contributed by atoms with Crippen molar-refractivity contribution >= 4 is 30.1 Å². The van der Waals surface area contributed by atoms with Crippen LogP contribution in [0.3, 0.4) is 0 Å². The summed E-state index contributed by atoms with van der Waals surface area (Å²) in [6.45, 7) is 2.99. The maximum absolute atomic E-state index is 12.4. The highest BCUT2D eigenvalue weighted by Gasteiger charge is 2.38. The van der Waals surface area contributed by atoms with E-state index in [1.165, 1.54) is 21.0 Å². The third kappa shape index (κ3) is 4.96. The molecule has 0 spiro atoms. The lowest BCUT2D eigenvalue weighted by Gasteiger charge is -2.29.